The number of rotatable bonds is 23. The van der Waals surface area contributed by atoms with Crippen molar-refractivity contribution >= 4 is 97.6 Å². The van der Waals surface area contributed by atoms with Gasteiger partial charge in [0, 0.05) is 92.8 Å². The van der Waals surface area contributed by atoms with E-state index in [-0.39, 0.29) is 82.3 Å². The van der Waals surface area contributed by atoms with E-state index in [0.717, 1.165) is 29.5 Å². The lowest BCUT2D eigenvalue weighted by Gasteiger charge is -2.18. The predicted molar refractivity (Wildman–Crippen MR) is 480 cm³/mol. The normalized spacial score (nSPS) is 11.8. The van der Waals surface area contributed by atoms with Gasteiger partial charge in [-0.3, -0.25) is 33.3 Å². The van der Waals surface area contributed by atoms with Gasteiger partial charge in [0.05, 0.1) is 109 Å². The Hall–Kier alpha value is -14.6. The zero-order chi connectivity index (χ0) is 92.4. The number of nitrogens with zero attached hydrogens (tertiary/aromatic N) is 12. The van der Waals surface area contributed by atoms with Crippen LogP contribution in [0.3, 0.4) is 0 Å². The van der Waals surface area contributed by atoms with E-state index >= 15 is 0 Å². The quantitative estimate of drug-likeness (QED) is 0.0265. The first kappa shape index (κ1) is 93.5. The summed E-state index contributed by atoms with van der Waals surface area (Å²) in [6.07, 6.45) is 10.9. The summed E-state index contributed by atoms with van der Waals surface area (Å²) in [6, 6.07) is 44.5. The maximum absolute atomic E-state index is 15.0. The molecule has 7 aromatic heterocycles. The Morgan fingerprint density at radius 3 is 1.29 bits per heavy atom. The predicted octanol–water partition coefficient (Wildman–Crippen LogP) is 13.6. The largest absolute Gasteiger partial charge is 0.394 e. The minimum atomic E-state index is -1.11. The van der Waals surface area contributed by atoms with Crippen LogP contribution in [-0.2, 0) is 14.1 Å². The Kier molecular flexibility index (Phi) is 30.9. The van der Waals surface area contributed by atoms with Crippen LogP contribution in [0, 0.1) is 36.0 Å². The third kappa shape index (κ3) is 23.4. The highest BCUT2D eigenvalue weighted by Gasteiger charge is 2.28. The minimum Gasteiger partial charge on any atom is -0.394 e. The number of amides is 4. The van der Waals surface area contributed by atoms with Gasteiger partial charge in [-0.1, -0.05) is 125 Å². The van der Waals surface area contributed by atoms with Gasteiger partial charge >= 0.3 is 0 Å². The number of aliphatic hydroxyl groups is 4. The van der Waals surface area contributed by atoms with E-state index in [2.05, 4.69) is 92.5 Å². The zero-order valence-corrected chi connectivity index (χ0v) is 71.8. The van der Waals surface area contributed by atoms with Gasteiger partial charge in [0.25, 0.3) is 23.6 Å². The van der Waals surface area contributed by atoms with E-state index in [4.69, 9.17) is 57.7 Å². The molecule has 17 N–H and O–H groups in total. The number of carbonyl (C=O) groups is 4. The fourth-order valence-electron chi connectivity index (χ4n) is 13.0. The smallest absolute Gasteiger partial charge is 0.257 e. The third-order valence-electron chi connectivity index (χ3n) is 19.5. The lowest BCUT2D eigenvalue weighted by atomic mass is 10.0. The van der Waals surface area contributed by atoms with Crippen molar-refractivity contribution in [1.82, 2.24) is 85.9 Å². The number of aromatic nitrogens is 13. The van der Waals surface area contributed by atoms with E-state index < -0.39 is 89.1 Å². The van der Waals surface area contributed by atoms with E-state index in [1.54, 1.807) is 151 Å². The number of halogens is 9. The first-order valence-corrected chi connectivity index (χ1v) is 40.5. The summed E-state index contributed by atoms with van der Waals surface area (Å²) in [4.78, 5) is 93.8. The lowest BCUT2D eigenvalue weighted by Crippen LogP contribution is -2.32. The number of pyridine rings is 2. The monoisotopic (exact) mass is 1870 g/mol. The van der Waals surface area contributed by atoms with Gasteiger partial charge in [-0.2, -0.15) is 5.10 Å². The number of aryl methyl sites for hydroxylation is 3. The number of aliphatic hydroxyl groups excluding tert-OH is 4. The number of nitrogen functional groups attached to an aromatic ring is 4. The van der Waals surface area contributed by atoms with Crippen molar-refractivity contribution in [2.45, 2.75) is 31.1 Å². The highest BCUT2D eigenvalue weighted by molar-refractivity contribution is 9.10. The standard InChI is InChI=1S/C24H22ClFN6O2.C24H20FN5O3.C23H20ClFN6O2.C19H14BrClF2N4O2/c1-13-18(11-32(2)31-13)20-10-28-23(27)22(29-20)15-6-7-17(19(26)9-15)24(34)30-21(12-33)14-4-3-5-16(25)8-14;25-18-10-15(22-23(26)28-12-19(29-22)16-7-9-21(32)27-11-16)6-8-17(18)24(33)30-20(13-31)14-4-2-1-3-5-14;1-31-11-20(29-30-31)15-8-18(22(26)27-10-15)13-5-6-17(19(25)9-13)23(33)28-21(12-32)14-3-2-4-16(24)7-14;20-15-7-25-18(24)17(27-15)10-5-12(22)16(13(23)6-10)19(29)26-14(8-28)9-2-1-3-11(21)4-9/h3-11,21,33H,12H2,1-2H3,(H2,27,28)(H,30,34);1-12,20,31H,13H2,(H2,26,28)(H,27,32)(H,30,33);2-11,21,32H,12H2,1H3,(H2,26,27)(H,28,33);1-7,14,28H,8H2,(H2,24,25)(H,26,29)/t21-;20-;21-;14-/m1111/s1. The molecule has 39 heteroatoms. The summed E-state index contributed by atoms with van der Waals surface area (Å²) >= 11 is 21.0. The van der Waals surface area contributed by atoms with Crippen molar-refractivity contribution in [3.05, 3.63) is 341 Å². The highest BCUT2D eigenvalue weighted by atomic mass is 79.9. The molecule has 0 fully saturated rings. The Bertz CT molecular complexity index is 6680. The number of H-pyrrole nitrogens is 1. The second kappa shape index (κ2) is 42.6. The van der Waals surface area contributed by atoms with Crippen LogP contribution in [0.4, 0.5) is 45.2 Å². The number of hydrogen-bond donors (Lipinski definition) is 13. The highest BCUT2D eigenvalue weighted by Crippen LogP contribution is 2.35. The van der Waals surface area contributed by atoms with Crippen molar-refractivity contribution in [2.24, 2.45) is 14.1 Å². The molecule has 30 nitrogen and oxygen atoms in total. The lowest BCUT2D eigenvalue weighted by molar-refractivity contribution is 0.0901. The molecule has 15 rings (SSSR count). The van der Waals surface area contributed by atoms with Crippen LogP contribution in [0.5, 0.6) is 0 Å². The molecular weight excluding hydrogens is 1800 g/mol. The first-order valence-electron chi connectivity index (χ1n) is 38.6. The molecule has 4 atom stereocenters. The summed E-state index contributed by atoms with van der Waals surface area (Å²) < 4.78 is 77.6. The first-order chi connectivity index (χ1) is 61.9. The molecule has 0 aliphatic rings. The van der Waals surface area contributed by atoms with Crippen LogP contribution in [0.15, 0.2) is 241 Å². The summed E-state index contributed by atoms with van der Waals surface area (Å²) in [7, 11) is 3.55. The summed E-state index contributed by atoms with van der Waals surface area (Å²) in [5.74, 6) is -7.13. The van der Waals surface area contributed by atoms with E-state index in [0.29, 0.717) is 98.1 Å². The van der Waals surface area contributed by atoms with Crippen LogP contribution in [0.2, 0.25) is 15.1 Å². The molecule has 0 aliphatic carbocycles. The molecule has 0 bridgehead atoms. The SMILES string of the molecule is Cc1nn(C)cc1-c1cnc(N)c(-c2ccc(C(=O)N[C@H](CO)c3cccc(Cl)c3)c(F)c2)n1.Cn1cc(-c2cnc(N)c(-c3ccc(C(=O)N[C@H](CO)c4cccc(Cl)c4)c(F)c3)c2)nn1.Nc1ncc(-c2ccc(=O)[nH]c2)nc1-c1ccc(C(=O)N[C@H](CO)c2ccccc2)c(F)c1.Nc1ncc(Br)nc1-c1cc(F)c(C(=O)N[C@H](CO)c2cccc(Cl)c2)c(F)c1. The Balaban J connectivity index is 0.000000156. The van der Waals surface area contributed by atoms with Crippen molar-refractivity contribution in [3.8, 4) is 78.7 Å². The van der Waals surface area contributed by atoms with Crippen molar-refractivity contribution in [3.63, 3.8) is 0 Å². The number of nitrogens with one attached hydrogen (secondary N) is 5. The van der Waals surface area contributed by atoms with Crippen LogP contribution in [0.25, 0.3) is 78.7 Å². The fourth-order valence-corrected chi connectivity index (χ4v) is 13.9. The molecule has 129 heavy (non-hydrogen) atoms. The number of carbonyl (C=O) groups excluding carboxylic acids is 4. The van der Waals surface area contributed by atoms with Gasteiger partial charge in [0.15, 0.2) is 0 Å². The van der Waals surface area contributed by atoms with Gasteiger partial charge in [0.1, 0.15) is 85.3 Å². The number of benzene rings is 8. The Labute approximate surface area is 754 Å². The average Bonchev–Trinajstić information content (AvgIpc) is 1.78. The molecule has 0 radical (unpaired) electrons. The Morgan fingerprint density at radius 2 is 0.845 bits per heavy atom. The zero-order valence-electron chi connectivity index (χ0n) is 68.0. The third-order valence-corrected chi connectivity index (χ3v) is 20.6. The second-order valence-corrected chi connectivity index (χ2v) is 30.5. The van der Waals surface area contributed by atoms with E-state index in [9.17, 15) is 66.4 Å². The van der Waals surface area contributed by atoms with E-state index in [1.807, 2.05) is 19.2 Å². The number of hydrogen-bond acceptors (Lipinski definition) is 23. The van der Waals surface area contributed by atoms with Gasteiger partial charge in [0.2, 0.25) is 5.56 Å². The van der Waals surface area contributed by atoms with Gasteiger partial charge < -0.3 is 69.6 Å². The van der Waals surface area contributed by atoms with Crippen molar-refractivity contribution in [2.75, 3.05) is 49.4 Å². The molecule has 8 aromatic carbocycles. The molecule has 7 heterocycles. The number of anilines is 4. The molecule has 0 saturated carbocycles. The molecule has 0 unspecified atom stereocenters. The van der Waals surface area contributed by atoms with Crippen LogP contribution in [0.1, 0.15) is 93.5 Å². The second-order valence-electron chi connectivity index (χ2n) is 28.4. The maximum atomic E-state index is 15.0. The average molecular weight is 1880 g/mol. The van der Waals surface area contributed by atoms with Gasteiger partial charge in [-0.15, -0.1) is 5.10 Å². The van der Waals surface area contributed by atoms with Crippen LogP contribution in [-0.4, -0.2) is 135 Å². The number of aromatic amines is 1. The fraction of sp³-hybridized carbons (Fsp3) is 0.122. The van der Waals surface area contributed by atoms with Crippen molar-refractivity contribution in [1.29, 1.82) is 0 Å². The van der Waals surface area contributed by atoms with Gasteiger partial charge in [-0.25, -0.2) is 56.8 Å². The molecular formula is C90H76BrCl3F5N21O9. The molecule has 0 spiro atoms. The summed E-state index contributed by atoms with van der Waals surface area (Å²) in [5.41, 5.74) is 31.2. The topological polar surface area (TPSA) is 473 Å². The minimum absolute atomic E-state index is 0.0227. The molecule has 4 amide bonds. The van der Waals surface area contributed by atoms with Crippen molar-refractivity contribution < 1.29 is 61.6 Å². The molecule has 0 aliphatic heterocycles. The maximum Gasteiger partial charge on any atom is 0.257 e. The summed E-state index contributed by atoms with van der Waals surface area (Å²) in [5, 5.41) is 62.5. The summed E-state index contributed by atoms with van der Waals surface area (Å²) in [6.45, 7) is 0.279. The van der Waals surface area contributed by atoms with Crippen LogP contribution >= 0.6 is 50.7 Å². The molecule has 15 aromatic rings. The number of nitrogens with two attached hydrogens (primary N) is 4. The molecule has 658 valence electrons. The molecule has 0 saturated heterocycles. The van der Waals surface area contributed by atoms with Crippen LogP contribution < -0.4 is 49.8 Å². The Morgan fingerprint density at radius 1 is 0.426 bits per heavy atom. The van der Waals surface area contributed by atoms with Gasteiger partial charge in [-0.05, 0) is 148 Å². The van der Waals surface area contributed by atoms with E-state index in [1.165, 1.54) is 73.3 Å².